The van der Waals surface area contributed by atoms with Gasteiger partial charge in [0.05, 0.1) is 16.6 Å². The van der Waals surface area contributed by atoms with Crippen LogP contribution in [0.25, 0.3) is 0 Å². The molecule has 0 aromatic heterocycles. The van der Waals surface area contributed by atoms with E-state index in [9.17, 15) is 9.59 Å². The molecule has 1 unspecified atom stereocenters. The Morgan fingerprint density at radius 3 is 2.68 bits per heavy atom. The summed E-state index contributed by atoms with van der Waals surface area (Å²) in [5.41, 5.74) is 6.31. The molecule has 1 aromatic rings. The molecule has 4 N–H and O–H groups in total. The number of benzene rings is 1. The minimum atomic E-state index is -0.905. The third kappa shape index (κ3) is 4.44. The van der Waals surface area contributed by atoms with Crippen molar-refractivity contribution in [2.24, 2.45) is 5.92 Å². The first-order valence-electron chi connectivity index (χ1n) is 6.01. The van der Waals surface area contributed by atoms with Crippen LogP contribution >= 0.6 is 11.6 Å². The summed E-state index contributed by atoms with van der Waals surface area (Å²) in [4.78, 5) is 22.8. The zero-order chi connectivity index (χ0) is 14.4. The van der Waals surface area contributed by atoms with Gasteiger partial charge < -0.3 is 16.2 Å². The van der Waals surface area contributed by atoms with E-state index in [1.807, 2.05) is 6.92 Å². The number of carboxylic acid groups (broad SMARTS) is 1. The van der Waals surface area contributed by atoms with Gasteiger partial charge in [-0.3, -0.25) is 9.59 Å². The predicted molar refractivity (Wildman–Crippen MR) is 74.2 cm³/mol. The molecular weight excluding hydrogens is 268 g/mol. The third-order valence-corrected chi connectivity index (χ3v) is 3.09. The fraction of sp³-hybridized carbons (Fsp3) is 0.385. The second-order valence-corrected chi connectivity index (χ2v) is 4.68. The van der Waals surface area contributed by atoms with Crippen LogP contribution in [0.1, 0.15) is 30.1 Å². The first-order chi connectivity index (χ1) is 8.95. The average Bonchev–Trinajstić information content (AvgIpc) is 2.37. The summed E-state index contributed by atoms with van der Waals surface area (Å²) in [6.07, 6.45) is 1.28. The smallest absolute Gasteiger partial charge is 0.308 e. The maximum absolute atomic E-state index is 11.8. The van der Waals surface area contributed by atoms with Crippen molar-refractivity contribution in [3.63, 3.8) is 0 Å². The molecule has 6 heteroatoms. The number of hydrogen-bond acceptors (Lipinski definition) is 3. The van der Waals surface area contributed by atoms with Crippen LogP contribution in [-0.4, -0.2) is 23.5 Å². The minimum absolute atomic E-state index is 0.101. The highest BCUT2D eigenvalue weighted by Crippen LogP contribution is 2.19. The van der Waals surface area contributed by atoms with Crippen LogP contribution in [0.5, 0.6) is 0 Å². The molecule has 0 aliphatic carbocycles. The highest BCUT2D eigenvalue weighted by Gasteiger charge is 2.17. The van der Waals surface area contributed by atoms with Gasteiger partial charge in [0.1, 0.15) is 0 Å². The molecule has 0 spiro atoms. The van der Waals surface area contributed by atoms with Gasteiger partial charge in [0, 0.05) is 12.1 Å². The second-order valence-electron chi connectivity index (χ2n) is 4.27. The Morgan fingerprint density at radius 1 is 1.47 bits per heavy atom. The van der Waals surface area contributed by atoms with Crippen LogP contribution in [0.15, 0.2) is 18.2 Å². The van der Waals surface area contributed by atoms with Crippen LogP contribution in [0, 0.1) is 5.92 Å². The van der Waals surface area contributed by atoms with Crippen molar-refractivity contribution in [1.29, 1.82) is 0 Å². The monoisotopic (exact) mass is 284 g/mol. The fourth-order valence-corrected chi connectivity index (χ4v) is 1.83. The Bertz CT molecular complexity index is 477. The molecule has 1 amide bonds. The van der Waals surface area contributed by atoms with Gasteiger partial charge >= 0.3 is 5.97 Å². The highest BCUT2D eigenvalue weighted by molar-refractivity contribution is 6.33. The number of aliphatic carboxylic acids is 1. The number of halogens is 1. The number of hydrogen-bond donors (Lipinski definition) is 3. The van der Waals surface area contributed by atoms with Crippen molar-refractivity contribution < 1.29 is 14.7 Å². The zero-order valence-corrected chi connectivity index (χ0v) is 11.4. The van der Waals surface area contributed by atoms with Crippen LogP contribution in [0.3, 0.4) is 0 Å². The Morgan fingerprint density at radius 2 is 2.16 bits per heavy atom. The van der Waals surface area contributed by atoms with Crippen molar-refractivity contribution in [2.45, 2.75) is 19.8 Å². The molecule has 0 aliphatic rings. The zero-order valence-electron chi connectivity index (χ0n) is 10.6. The summed E-state index contributed by atoms with van der Waals surface area (Å²) >= 11 is 5.82. The van der Waals surface area contributed by atoms with E-state index in [2.05, 4.69) is 5.32 Å². The van der Waals surface area contributed by atoms with Gasteiger partial charge in [-0.25, -0.2) is 0 Å². The summed E-state index contributed by atoms with van der Waals surface area (Å²) in [5.74, 6) is -1.83. The van der Waals surface area contributed by atoms with E-state index in [0.717, 1.165) is 6.42 Å². The molecule has 1 atom stereocenters. The van der Waals surface area contributed by atoms with E-state index >= 15 is 0 Å². The van der Waals surface area contributed by atoms with Gasteiger partial charge in [0.15, 0.2) is 0 Å². The Balaban J connectivity index is 2.63. The van der Waals surface area contributed by atoms with Crippen LogP contribution in [0.4, 0.5) is 5.69 Å². The number of carbonyl (C=O) groups excluding carboxylic acids is 1. The highest BCUT2D eigenvalue weighted by atomic mass is 35.5. The molecule has 1 rings (SSSR count). The summed E-state index contributed by atoms with van der Waals surface area (Å²) < 4.78 is 0. The van der Waals surface area contributed by atoms with Crippen LogP contribution in [0.2, 0.25) is 5.02 Å². The summed E-state index contributed by atoms with van der Waals surface area (Å²) in [7, 11) is 0. The number of carbonyl (C=O) groups is 2. The first kappa shape index (κ1) is 15.3. The van der Waals surface area contributed by atoms with Gasteiger partial charge in [0.25, 0.3) is 5.91 Å². The number of anilines is 1. The maximum atomic E-state index is 11.8. The van der Waals surface area contributed by atoms with Crippen molar-refractivity contribution in [1.82, 2.24) is 5.32 Å². The summed E-state index contributed by atoms with van der Waals surface area (Å²) in [5, 5.41) is 11.9. The molecule has 0 heterocycles. The van der Waals surface area contributed by atoms with Crippen molar-refractivity contribution in [2.75, 3.05) is 12.3 Å². The SMILES string of the molecule is CCCC(CNC(=O)c1ccc(N)c(Cl)c1)C(=O)O. The third-order valence-electron chi connectivity index (χ3n) is 2.76. The number of nitrogen functional groups attached to an aromatic ring is 1. The normalized spacial score (nSPS) is 11.9. The second kappa shape index (κ2) is 6.99. The molecule has 19 heavy (non-hydrogen) atoms. The molecular formula is C13H17ClN2O3. The summed E-state index contributed by atoms with van der Waals surface area (Å²) in [6.45, 7) is 2.00. The molecule has 0 bridgehead atoms. The van der Waals surface area contributed by atoms with Gasteiger partial charge in [-0.05, 0) is 24.6 Å². The first-order valence-corrected chi connectivity index (χ1v) is 6.39. The molecule has 5 nitrogen and oxygen atoms in total. The molecule has 0 fully saturated rings. The van der Waals surface area contributed by atoms with Crippen molar-refractivity contribution in [3.05, 3.63) is 28.8 Å². The van der Waals surface area contributed by atoms with E-state index in [1.165, 1.54) is 12.1 Å². The lowest BCUT2D eigenvalue weighted by atomic mass is 10.0. The topological polar surface area (TPSA) is 92.4 Å². The van der Waals surface area contributed by atoms with Gasteiger partial charge in [-0.15, -0.1) is 0 Å². The van der Waals surface area contributed by atoms with Crippen molar-refractivity contribution >= 4 is 29.2 Å². The Labute approximate surface area is 116 Å². The Hall–Kier alpha value is -1.75. The van der Waals surface area contributed by atoms with E-state index in [4.69, 9.17) is 22.4 Å². The predicted octanol–water partition coefficient (Wildman–Crippen LogP) is 2.15. The molecule has 0 radical (unpaired) electrons. The standard InChI is InChI=1S/C13H17ClN2O3/c1-2-3-9(13(18)19)7-16-12(17)8-4-5-11(15)10(14)6-8/h4-6,9H,2-3,7,15H2,1H3,(H,16,17)(H,18,19). The van der Waals surface area contributed by atoms with E-state index in [-0.39, 0.29) is 12.5 Å². The molecule has 0 aliphatic heterocycles. The number of carboxylic acids is 1. The average molecular weight is 285 g/mol. The largest absolute Gasteiger partial charge is 0.481 e. The molecule has 1 aromatic carbocycles. The number of nitrogens with two attached hydrogens (primary N) is 1. The fourth-order valence-electron chi connectivity index (χ4n) is 1.65. The Kier molecular flexibility index (Phi) is 5.63. The number of nitrogens with one attached hydrogen (secondary N) is 1. The van der Waals surface area contributed by atoms with Gasteiger partial charge in [-0.1, -0.05) is 24.9 Å². The lowest BCUT2D eigenvalue weighted by Gasteiger charge is -2.12. The minimum Gasteiger partial charge on any atom is -0.481 e. The summed E-state index contributed by atoms with van der Waals surface area (Å²) in [6, 6.07) is 4.55. The van der Waals surface area contributed by atoms with Gasteiger partial charge in [-0.2, -0.15) is 0 Å². The quantitative estimate of drug-likeness (QED) is 0.698. The molecule has 0 saturated carbocycles. The number of amides is 1. The van der Waals surface area contributed by atoms with Gasteiger partial charge in [0.2, 0.25) is 0 Å². The van der Waals surface area contributed by atoms with Crippen LogP contribution in [-0.2, 0) is 4.79 Å². The van der Waals surface area contributed by atoms with Crippen LogP contribution < -0.4 is 11.1 Å². The molecule has 0 saturated heterocycles. The lowest BCUT2D eigenvalue weighted by molar-refractivity contribution is -0.141. The van der Waals surface area contributed by atoms with Crippen molar-refractivity contribution in [3.8, 4) is 0 Å². The van der Waals surface area contributed by atoms with E-state index in [0.29, 0.717) is 22.7 Å². The maximum Gasteiger partial charge on any atom is 0.308 e. The number of rotatable bonds is 6. The van der Waals surface area contributed by atoms with E-state index < -0.39 is 11.9 Å². The lowest BCUT2D eigenvalue weighted by Crippen LogP contribution is -2.32. The van der Waals surface area contributed by atoms with E-state index in [1.54, 1.807) is 6.07 Å². The molecule has 104 valence electrons.